The van der Waals surface area contributed by atoms with Crippen molar-refractivity contribution in [3.63, 3.8) is 0 Å². The van der Waals surface area contributed by atoms with Crippen molar-refractivity contribution in [2.45, 2.75) is 13.0 Å². The molecule has 0 bridgehead atoms. The van der Waals surface area contributed by atoms with E-state index in [2.05, 4.69) is 26.8 Å². The molecule has 4 rings (SSSR count). The molecule has 1 atom stereocenters. The van der Waals surface area contributed by atoms with Crippen molar-refractivity contribution in [2.24, 2.45) is 0 Å². The molecular weight excluding hydrogens is 388 g/mol. The van der Waals surface area contributed by atoms with Gasteiger partial charge in [-0.1, -0.05) is 24.3 Å². The minimum Gasteiger partial charge on any atom is -0.349 e. The Bertz CT molecular complexity index is 1080. The van der Waals surface area contributed by atoms with Crippen LogP contribution < -0.4 is 5.32 Å². The monoisotopic (exact) mass is 410 g/mol. The van der Waals surface area contributed by atoms with Gasteiger partial charge in [0, 0.05) is 16.8 Å². The minimum absolute atomic E-state index is 0.0383. The minimum atomic E-state index is -0.0383. The van der Waals surface area contributed by atoms with E-state index in [1.807, 2.05) is 68.2 Å². The first-order valence-corrected chi connectivity index (χ1v) is 10.8. The number of hydrogen-bond acceptors (Lipinski definition) is 5. The lowest BCUT2D eigenvalue weighted by atomic mass is 10.2. The molecule has 3 aromatic heterocycles. The van der Waals surface area contributed by atoms with Crippen LogP contribution in [0, 0.1) is 6.92 Å². The Labute approximate surface area is 172 Å². The van der Waals surface area contributed by atoms with Crippen molar-refractivity contribution in [3.05, 3.63) is 69.4 Å². The van der Waals surface area contributed by atoms with Crippen LogP contribution in [0.1, 0.15) is 26.3 Å². The highest BCUT2D eigenvalue weighted by atomic mass is 32.1. The van der Waals surface area contributed by atoms with Crippen LogP contribution in [0.2, 0.25) is 0 Å². The van der Waals surface area contributed by atoms with Gasteiger partial charge < -0.3 is 10.2 Å². The molecule has 0 radical (unpaired) electrons. The lowest BCUT2D eigenvalue weighted by molar-refractivity contribution is 0.0946. The number of carbonyl (C=O) groups is 1. The average Bonchev–Trinajstić information content (AvgIpc) is 3.41. The number of hydrogen-bond donors (Lipinski definition) is 1. The van der Waals surface area contributed by atoms with Crippen molar-refractivity contribution < 1.29 is 4.79 Å². The number of nitrogens with one attached hydrogen (secondary N) is 1. The number of aryl methyl sites for hydroxylation is 1. The van der Waals surface area contributed by atoms with E-state index in [-0.39, 0.29) is 11.9 Å². The van der Waals surface area contributed by atoms with Gasteiger partial charge >= 0.3 is 0 Å². The number of rotatable bonds is 6. The lowest BCUT2D eigenvalue weighted by Crippen LogP contribution is -2.33. The number of carbonyl (C=O) groups excluding carboxylic acids is 1. The SMILES string of the molecule is Cc1nn(-c2ccccc2)c2sc(C(=O)NCC(c3cccs3)N(C)C)cc12. The van der Waals surface area contributed by atoms with Gasteiger partial charge in [0.25, 0.3) is 5.91 Å². The number of fused-ring (bicyclic) bond motifs is 1. The third-order valence-corrected chi connectivity index (χ3v) is 6.80. The summed E-state index contributed by atoms with van der Waals surface area (Å²) in [6.45, 7) is 2.55. The Hall–Kier alpha value is -2.48. The van der Waals surface area contributed by atoms with Crippen LogP contribution in [0.15, 0.2) is 53.9 Å². The quantitative estimate of drug-likeness (QED) is 0.510. The molecule has 3 heterocycles. The Morgan fingerprint density at radius 2 is 2.00 bits per heavy atom. The molecule has 144 valence electrons. The second kappa shape index (κ2) is 7.87. The standard InChI is InChI=1S/C21H22N4OS2/c1-14-16-12-19(28-21(16)25(23-14)15-8-5-4-6-9-15)20(26)22-13-17(24(2)3)18-10-7-11-27-18/h4-12,17H,13H2,1-3H3,(H,22,26). The summed E-state index contributed by atoms with van der Waals surface area (Å²) in [4.78, 5) is 17.9. The molecule has 4 aromatic rings. The van der Waals surface area contributed by atoms with Gasteiger partial charge in [0.1, 0.15) is 4.83 Å². The fourth-order valence-electron chi connectivity index (χ4n) is 3.20. The van der Waals surface area contributed by atoms with E-state index in [4.69, 9.17) is 0 Å². The van der Waals surface area contributed by atoms with Crippen LogP contribution in [0.25, 0.3) is 15.9 Å². The number of benzene rings is 1. The van der Waals surface area contributed by atoms with Gasteiger partial charge in [-0.3, -0.25) is 4.79 Å². The van der Waals surface area contributed by atoms with Crippen LogP contribution in [0.5, 0.6) is 0 Å². The predicted octanol–water partition coefficient (Wildman–Crippen LogP) is 4.49. The van der Waals surface area contributed by atoms with Gasteiger partial charge in [0.15, 0.2) is 0 Å². The summed E-state index contributed by atoms with van der Waals surface area (Å²) in [6.07, 6.45) is 0. The van der Waals surface area contributed by atoms with Crippen molar-refractivity contribution in [2.75, 3.05) is 20.6 Å². The molecule has 0 aliphatic carbocycles. The summed E-state index contributed by atoms with van der Waals surface area (Å²) in [6, 6.07) is 16.3. The second-order valence-corrected chi connectivity index (χ2v) is 8.88. The molecule has 1 unspecified atom stereocenters. The zero-order chi connectivity index (χ0) is 19.7. The van der Waals surface area contributed by atoms with Crippen LogP contribution in [0.3, 0.4) is 0 Å². The van der Waals surface area contributed by atoms with E-state index in [0.29, 0.717) is 11.4 Å². The molecule has 0 saturated carbocycles. The Kier molecular flexibility index (Phi) is 5.30. The molecule has 0 aliphatic heterocycles. The smallest absolute Gasteiger partial charge is 0.261 e. The molecule has 0 aliphatic rings. The summed E-state index contributed by atoms with van der Waals surface area (Å²) in [5.74, 6) is -0.0383. The molecular formula is C21H22N4OS2. The highest BCUT2D eigenvalue weighted by molar-refractivity contribution is 7.20. The maximum absolute atomic E-state index is 12.8. The van der Waals surface area contributed by atoms with E-state index < -0.39 is 0 Å². The fraction of sp³-hybridized carbons (Fsp3) is 0.238. The van der Waals surface area contributed by atoms with Crippen molar-refractivity contribution >= 4 is 38.8 Å². The molecule has 28 heavy (non-hydrogen) atoms. The van der Waals surface area contributed by atoms with Crippen LogP contribution in [0.4, 0.5) is 0 Å². The number of nitrogens with zero attached hydrogens (tertiary/aromatic N) is 3. The summed E-state index contributed by atoms with van der Waals surface area (Å²) in [5.41, 5.74) is 1.93. The van der Waals surface area contributed by atoms with Gasteiger partial charge in [0.05, 0.1) is 22.3 Å². The largest absolute Gasteiger partial charge is 0.349 e. The second-order valence-electron chi connectivity index (χ2n) is 6.87. The van der Waals surface area contributed by atoms with E-state index in [1.54, 1.807) is 11.3 Å². The zero-order valence-electron chi connectivity index (χ0n) is 16.0. The first-order chi connectivity index (χ1) is 13.5. The third kappa shape index (κ3) is 3.61. The molecule has 1 N–H and O–H groups in total. The molecule has 0 saturated heterocycles. The molecule has 5 nitrogen and oxygen atoms in total. The van der Waals surface area contributed by atoms with Crippen molar-refractivity contribution in [3.8, 4) is 5.69 Å². The van der Waals surface area contributed by atoms with Crippen molar-refractivity contribution in [1.29, 1.82) is 0 Å². The summed E-state index contributed by atoms with van der Waals surface area (Å²) >= 11 is 3.19. The van der Waals surface area contributed by atoms with Gasteiger partial charge in [-0.2, -0.15) is 5.10 Å². The first kappa shape index (κ1) is 18.9. The highest BCUT2D eigenvalue weighted by Crippen LogP contribution is 2.30. The number of likely N-dealkylation sites (N-methyl/N-ethyl adjacent to an activating group) is 1. The van der Waals surface area contributed by atoms with Gasteiger partial charge in [0.2, 0.25) is 0 Å². The summed E-state index contributed by atoms with van der Waals surface area (Å²) in [7, 11) is 4.07. The maximum Gasteiger partial charge on any atom is 0.261 e. The maximum atomic E-state index is 12.8. The van der Waals surface area contributed by atoms with Gasteiger partial charge in [-0.05, 0) is 50.7 Å². The van der Waals surface area contributed by atoms with Gasteiger partial charge in [-0.25, -0.2) is 4.68 Å². The number of aromatic nitrogens is 2. The lowest BCUT2D eigenvalue weighted by Gasteiger charge is -2.23. The first-order valence-electron chi connectivity index (χ1n) is 9.07. The fourth-order valence-corrected chi connectivity index (χ4v) is 5.22. The zero-order valence-corrected chi connectivity index (χ0v) is 17.7. The highest BCUT2D eigenvalue weighted by Gasteiger charge is 2.20. The topological polar surface area (TPSA) is 50.2 Å². The van der Waals surface area contributed by atoms with Gasteiger partial charge in [-0.15, -0.1) is 22.7 Å². The number of thiophene rings is 2. The molecule has 1 amide bonds. The van der Waals surface area contributed by atoms with Crippen LogP contribution >= 0.6 is 22.7 Å². The van der Waals surface area contributed by atoms with E-state index in [1.165, 1.54) is 16.2 Å². The number of amides is 1. The number of para-hydroxylation sites is 1. The predicted molar refractivity (Wildman–Crippen MR) is 117 cm³/mol. The molecule has 7 heteroatoms. The third-order valence-electron chi connectivity index (χ3n) is 4.72. The average molecular weight is 411 g/mol. The van der Waals surface area contributed by atoms with E-state index in [9.17, 15) is 4.79 Å². The van der Waals surface area contributed by atoms with E-state index in [0.717, 1.165) is 21.6 Å². The Morgan fingerprint density at radius 3 is 2.68 bits per heavy atom. The van der Waals surface area contributed by atoms with Crippen LogP contribution in [-0.2, 0) is 0 Å². The molecule has 0 fully saturated rings. The normalized spacial score (nSPS) is 12.6. The van der Waals surface area contributed by atoms with Crippen LogP contribution in [-0.4, -0.2) is 41.2 Å². The molecule has 0 spiro atoms. The molecule has 1 aromatic carbocycles. The Balaban J connectivity index is 1.57. The summed E-state index contributed by atoms with van der Waals surface area (Å²) < 4.78 is 1.92. The summed E-state index contributed by atoms with van der Waals surface area (Å²) in [5, 5.41) is 10.8. The van der Waals surface area contributed by atoms with E-state index >= 15 is 0 Å². The van der Waals surface area contributed by atoms with Crippen molar-refractivity contribution in [1.82, 2.24) is 20.0 Å². The Morgan fingerprint density at radius 1 is 1.21 bits per heavy atom.